The third-order valence-electron chi connectivity index (χ3n) is 4.76. The van der Waals surface area contributed by atoms with Gasteiger partial charge in [0, 0.05) is 18.5 Å². The number of carbonyl (C=O) groups excluding carboxylic acids is 1. The van der Waals surface area contributed by atoms with Crippen LogP contribution in [-0.2, 0) is 14.2 Å². The molecule has 8 nitrogen and oxygen atoms in total. The van der Waals surface area contributed by atoms with E-state index in [1.807, 2.05) is 27.7 Å². The van der Waals surface area contributed by atoms with Gasteiger partial charge in [0.05, 0.1) is 18.2 Å². The van der Waals surface area contributed by atoms with Gasteiger partial charge >= 0.3 is 6.09 Å². The zero-order valence-corrected chi connectivity index (χ0v) is 15.3. The summed E-state index contributed by atoms with van der Waals surface area (Å²) >= 11 is 0. The van der Waals surface area contributed by atoms with Crippen LogP contribution in [0.4, 0.5) is 4.79 Å². The van der Waals surface area contributed by atoms with Crippen LogP contribution < -0.4 is 5.32 Å². The molecule has 0 radical (unpaired) electrons. The molecule has 0 aromatic heterocycles. The van der Waals surface area contributed by atoms with Crippen molar-refractivity contribution in [1.29, 1.82) is 0 Å². The lowest BCUT2D eigenvalue weighted by Gasteiger charge is -2.35. The fourth-order valence-corrected chi connectivity index (χ4v) is 3.29. The van der Waals surface area contributed by atoms with Crippen LogP contribution in [0.5, 0.6) is 0 Å². The average molecular weight is 346 g/mol. The van der Waals surface area contributed by atoms with Gasteiger partial charge < -0.3 is 29.8 Å². The molecule has 3 unspecified atom stereocenters. The highest BCUT2D eigenvalue weighted by molar-refractivity contribution is 5.67. The van der Waals surface area contributed by atoms with Crippen LogP contribution >= 0.6 is 0 Å². The van der Waals surface area contributed by atoms with Crippen LogP contribution in [0.1, 0.15) is 48.0 Å². The molecule has 24 heavy (non-hydrogen) atoms. The first kappa shape index (κ1) is 19.4. The van der Waals surface area contributed by atoms with Crippen LogP contribution in [0.3, 0.4) is 0 Å². The van der Waals surface area contributed by atoms with E-state index in [1.54, 1.807) is 13.8 Å². The molecule has 0 aromatic rings. The highest BCUT2D eigenvalue weighted by Gasteiger charge is 2.53. The van der Waals surface area contributed by atoms with Crippen molar-refractivity contribution in [3.05, 3.63) is 0 Å². The summed E-state index contributed by atoms with van der Waals surface area (Å²) in [5.41, 5.74) is -1.17. The molecule has 2 saturated heterocycles. The molecule has 3 N–H and O–H groups in total. The Bertz CT molecular complexity index is 479. The zero-order valence-electron chi connectivity index (χ0n) is 15.3. The summed E-state index contributed by atoms with van der Waals surface area (Å²) in [6.07, 6.45) is -1.95. The summed E-state index contributed by atoms with van der Waals surface area (Å²) in [4.78, 5) is 12.0. The van der Waals surface area contributed by atoms with Crippen molar-refractivity contribution in [2.24, 2.45) is 0 Å². The van der Waals surface area contributed by atoms with Gasteiger partial charge in [-0.25, -0.2) is 4.79 Å². The van der Waals surface area contributed by atoms with Gasteiger partial charge in [-0.3, -0.25) is 0 Å². The minimum atomic E-state index is -0.887. The quantitative estimate of drug-likeness (QED) is 0.704. The van der Waals surface area contributed by atoms with Crippen molar-refractivity contribution in [2.75, 3.05) is 13.2 Å². The molecule has 140 valence electrons. The fourth-order valence-electron chi connectivity index (χ4n) is 3.29. The summed E-state index contributed by atoms with van der Waals surface area (Å²) in [6, 6.07) is 0. The molecule has 2 rings (SSSR count). The molecule has 0 aromatic carbocycles. The maximum Gasteiger partial charge on any atom is 0.407 e. The molecule has 2 aliphatic heterocycles. The van der Waals surface area contributed by atoms with E-state index < -0.39 is 41.3 Å². The minimum absolute atomic E-state index is 0.00230. The molecule has 3 atom stereocenters. The Morgan fingerprint density at radius 1 is 1.33 bits per heavy atom. The van der Waals surface area contributed by atoms with Gasteiger partial charge in [0.15, 0.2) is 5.79 Å². The van der Waals surface area contributed by atoms with Gasteiger partial charge in [-0.1, -0.05) is 0 Å². The molecule has 1 amide bonds. The molecule has 2 heterocycles. The summed E-state index contributed by atoms with van der Waals surface area (Å²) in [5, 5.41) is 24.1. The van der Waals surface area contributed by atoms with E-state index in [9.17, 15) is 15.1 Å². The number of nitrogens with zero attached hydrogens (tertiary/aromatic N) is 1. The van der Waals surface area contributed by atoms with Crippen molar-refractivity contribution < 1.29 is 29.3 Å². The number of hydroxylamine groups is 2. The lowest BCUT2D eigenvalue weighted by molar-refractivity contribution is -0.201. The van der Waals surface area contributed by atoms with Gasteiger partial charge in [-0.05, 0) is 41.5 Å². The second-order valence-electron chi connectivity index (χ2n) is 8.19. The van der Waals surface area contributed by atoms with E-state index in [-0.39, 0.29) is 13.2 Å². The molecule has 0 aliphatic carbocycles. The fraction of sp³-hybridized carbons (Fsp3) is 0.938. The maximum atomic E-state index is 12.0. The summed E-state index contributed by atoms with van der Waals surface area (Å²) in [7, 11) is 0. The predicted octanol–water partition coefficient (Wildman–Crippen LogP) is 1.25. The van der Waals surface area contributed by atoms with Crippen molar-refractivity contribution in [3.8, 4) is 0 Å². The zero-order chi connectivity index (χ0) is 18.3. The van der Waals surface area contributed by atoms with Crippen molar-refractivity contribution in [1.82, 2.24) is 10.4 Å². The molecular formula is C16H30N2O6. The number of aliphatic hydroxyl groups excluding tert-OH is 1. The minimum Gasteiger partial charge on any atom is -0.444 e. The Labute approximate surface area is 143 Å². The number of amides is 1. The molecule has 0 bridgehead atoms. The molecule has 0 saturated carbocycles. The first-order valence-electron chi connectivity index (χ1n) is 8.29. The normalized spacial score (nSPS) is 32.5. The third-order valence-corrected chi connectivity index (χ3v) is 4.76. The van der Waals surface area contributed by atoms with Gasteiger partial charge in [0.1, 0.15) is 12.2 Å². The highest BCUT2D eigenvalue weighted by Crippen LogP contribution is 2.40. The summed E-state index contributed by atoms with van der Waals surface area (Å²) < 4.78 is 16.4. The van der Waals surface area contributed by atoms with Crippen LogP contribution in [0.15, 0.2) is 0 Å². The van der Waals surface area contributed by atoms with E-state index >= 15 is 0 Å². The number of carbonyl (C=O) groups is 1. The molecule has 2 aliphatic rings. The number of aliphatic hydroxyl groups is 1. The second kappa shape index (κ2) is 6.42. The number of ether oxygens (including phenoxy) is 3. The highest BCUT2D eigenvalue weighted by atomic mass is 16.7. The van der Waals surface area contributed by atoms with E-state index in [0.717, 1.165) is 0 Å². The predicted molar refractivity (Wildman–Crippen MR) is 85.6 cm³/mol. The monoisotopic (exact) mass is 346 g/mol. The SMILES string of the molecule is CC1(C)OCC(C(O)CNC(=O)OC2CC(C)(C)N(O)C2(C)C)O1. The van der Waals surface area contributed by atoms with E-state index in [2.05, 4.69) is 5.32 Å². The van der Waals surface area contributed by atoms with Gasteiger partial charge in [0.2, 0.25) is 0 Å². The van der Waals surface area contributed by atoms with Crippen LogP contribution in [0.2, 0.25) is 0 Å². The van der Waals surface area contributed by atoms with Crippen molar-refractivity contribution in [3.63, 3.8) is 0 Å². The number of alkyl carbamates (subject to hydrolysis) is 1. The number of nitrogens with one attached hydrogen (secondary N) is 1. The van der Waals surface area contributed by atoms with Crippen LogP contribution in [0, 0.1) is 0 Å². The smallest absolute Gasteiger partial charge is 0.407 e. The lowest BCUT2D eigenvalue weighted by atomic mass is 9.97. The number of rotatable bonds is 4. The number of hydrogen-bond donors (Lipinski definition) is 3. The van der Waals surface area contributed by atoms with E-state index in [4.69, 9.17) is 14.2 Å². The Balaban J connectivity index is 1.82. The number of hydrogen-bond acceptors (Lipinski definition) is 7. The summed E-state index contributed by atoms with van der Waals surface area (Å²) in [6.45, 7) is 11.2. The Hall–Kier alpha value is -0.930. The molecule has 0 spiro atoms. The van der Waals surface area contributed by atoms with Gasteiger partial charge in [-0.2, -0.15) is 5.06 Å². The average Bonchev–Trinajstić information content (AvgIpc) is 2.88. The van der Waals surface area contributed by atoms with Crippen molar-refractivity contribution >= 4 is 6.09 Å². The van der Waals surface area contributed by atoms with Gasteiger partial charge in [0.25, 0.3) is 0 Å². The van der Waals surface area contributed by atoms with Gasteiger partial charge in [-0.15, -0.1) is 0 Å². The Kier molecular flexibility index (Phi) is 5.19. The molecule has 2 fully saturated rings. The summed E-state index contributed by atoms with van der Waals surface area (Å²) in [5.74, 6) is -0.726. The van der Waals surface area contributed by atoms with Crippen LogP contribution in [0.25, 0.3) is 0 Å². The Morgan fingerprint density at radius 2 is 1.96 bits per heavy atom. The third kappa shape index (κ3) is 4.00. The second-order valence-corrected chi connectivity index (χ2v) is 8.19. The van der Waals surface area contributed by atoms with E-state index in [0.29, 0.717) is 6.42 Å². The topological polar surface area (TPSA) is 100 Å². The van der Waals surface area contributed by atoms with E-state index in [1.165, 1.54) is 5.06 Å². The molecular weight excluding hydrogens is 316 g/mol. The standard InChI is InChI=1S/C16H30N2O6/c1-14(2)7-12(15(3,4)18(14)21)23-13(20)17-8-10(19)11-9-22-16(5,6)24-11/h10-12,19,21H,7-9H2,1-6H3,(H,17,20). The first-order valence-corrected chi connectivity index (χ1v) is 8.29. The molecule has 8 heteroatoms. The first-order chi connectivity index (χ1) is 10.8. The Morgan fingerprint density at radius 3 is 2.42 bits per heavy atom. The maximum absolute atomic E-state index is 12.0. The van der Waals surface area contributed by atoms with Crippen molar-refractivity contribution in [2.45, 2.75) is 83.1 Å². The lowest BCUT2D eigenvalue weighted by Crippen LogP contribution is -2.50. The van der Waals surface area contributed by atoms with Crippen LogP contribution in [-0.4, -0.2) is 69.8 Å². The largest absolute Gasteiger partial charge is 0.444 e.